The van der Waals surface area contributed by atoms with Crippen LogP contribution >= 0.6 is 0 Å². The third-order valence-corrected chi connectivity index (χ3v) is 3.39. The average molecular weight is 304 g/mol. The van der Waals surface area contributed by atoms with Gasteiger partial charge in [-0.25, -0.2) is 17.9 Å². The maximum absolute atomic E-state index is 11.7. The molecule has 0 fully saturated rings. The number of rotatable bonds is 6. The van der Waals surface area contributed by atoms with Crippen LogP contribution < -0.4 is 4.72 Å². The second kappa shape index (κ2) is 6.70. The van der Waals surface area contributed by atoms with E-state index in [1.807, 2.05) is 0 Å². The van der Waals surface area contributed by atoms with Gasteiger partial charge in [0.1, 0.15) is 13.2 Å². The number of sulfonamides is 1. The van der Waals surface area contributed by atoms with Crippen molar-refractivity contribution in [2.24, 2.45) is 0 Å². The number of benzene rings is 1. The van der Waals surface area contributed by atoms with Crippen molar-refractivity contribution in [2.75, 3.05) is 13.2 Å². The van der Waals surface area contributed by atoms with Gasteiger partial charge in [-0.15, -0.1) is 10.1 Å². The van der Waals surface area contributed by atoms with Gasteiger partial charge in [-0.1, -0.05) is 17.7 Å². The van der Waals surface area contributed by atoms with Gasteiger partial charge in [-0.3, -0.25) is 0 Å². The SMILES string of the molecule is Cc1ccc(S(=O)(=O)NC(=O)OCCO[N+](=O)[O-])cc1. The van der Waals surface area contributed by atoms with Crippen molar-refractivity contribution in [3.63, 3.8) is 0 Å². The summed E-state index contributed by atoms with van der Waals surface area (Å²) < 4.78 is 29.6. The summed E-state index contributed by atoms with van der Waals surface area (Å²) in [5, 5.41) is 8.77. The third kappa shape index (κ3) is 5.10. The highest BCUT2D eigenvalue weighted by Gasteiger charge is 2.18. The van der Waals surface area contributed by atoms with Gasteiger partial charge in [0, 0.05) is 0 Å². The Morgan fingerprint density at radius 1 is 1.30 bits per heavy atom. The molecular weight excluding hydrogens is 292 g/mol. The first-order valence-electron chi connectivity index (χ1n) is 5.35. The zero-order valence-electron chi connectivity index (χ0n) is 10.4. The molecule has 1 aromatic carbocycles. The average Bonchev–Trinajstić information content (AvgIpc) is 2.34. The summed E-state index contributed by atoms with van der Waals surface area (Å²) in [4.78, 5) is 24.8. The van der Waals surface area contributed by atoms with E-state index in [4.69, 9.17) is 0 Å². The number of nitrogens with zero attached hydrogens (tertiary/aromatic N) is 1. The van der Waals surface area contributed by atoms with Crippen LogP contribution in [0.3, 0.4) is 0 Å². The van der Waals surface area contributed by atoms with Crippen LogP contribution in [-0.4, -0.2) is 32.8 Å². The molecule has 20 heavy (non-hydrogen) atoms. The molecule has 10 heteroatoms. The Morgan fingerprint density at radius 3 is 2.45 bits per heavy atom. The lowest BCUT2D eigenvalue weighted by Crippen LogP contribution is -2.32. The van der Waals surface area contributed by atoms with Gasteiger partial charge in [-0.05, 0) is 19.1 Å². The first kappa shape index (κ1) is 15.7. The molecule has 0 aliphatic carbocycles. The van der Waals surface area contributed by atoms with Crippen molar-refractivity contribution in [3.8, 4) is 0 Å². The van der Waals surface area contributed by atoms with E-state index >= 15 is 0 Å². The summed E-state index contributed by atoms with van der Waals surface area (Å²) >= 11 is 0. The Kier molecular flexibility index (Phi) is 5.26. The smallest absolute Gasteiger partial charge is 0.421 e. The number of carbonyl (C=O) groups excluding carboxylic acids is 1. The molecule has 0 aliphatic rings. The Balaban J connectivity index is 2.52. The van der Waals surface area contributed by atoms with Crippen LogP contribution in [0.25, 0.3) is 0 Å². The molecular formula is C10H12N2O7S. The Morgan fingerprint density at radius 2 is 1.90 bits per heavy atom. The van der Waals surface area contributed by atoms with Crippen molar-refractivity contribution in [2.45, 2.75) is 11.8 Å². The number of hydrogen-bond acceptors (Lipinski definition) is 7. The number of hydrogen-bond donors (Lipinski definition) is 1. The van der Waals surface area contributed by atoms with E-state index in [2.05, 4.69) is 9.57 Å². The van der Waals surface area contributed by atoms with Crippen molar-refractivity contribution in [3.05, 3.63) is 39.9 Å². The summed E-state index contributed by atoms with van der Waals surface area (Å²) in [5.74, 6) is 0. The molecule has 1 N–H and O–H groups in total. The van der Waals surface area contributed by atoms with Crippen LogP contribution in [0.4, 0.5) is 4.79 Å². The predicted molar refractivity (Wildman–Crippen MR) is 65.8 cm³/mol. The van der Waals surface area contributed by atoms with Gasteiger partial charge in [0.15, 0.2) is 0 Å². The van der Waals surface area contributed by atoms with E-state index in [1.165, 1.54) is 12.1 Å². The zero-order chi connectivity index (χ0) is 15.2. The minimum absolute atomic E-state index is 0.0957. The molecule has 0 saturated heterocycles. The molecule has 1 amide bonds. The first-order valence-corrected chi connectivity index (χ1v) is 6.83. The highest BCUT2D eigenvalue weighted by atomic mass is 32.2. The van der Waals surface area contributed by atoms with Crippen molar-refractivity contribution < 1.29 is 27.9 Å². The summed E-state index contributed by atoms with van der Waals surface area (Å²) in [5.41, 5.74) is 0.864. The summed E-state index contributed by atoms with van der Waals surface area (Å²) in [6.07, 6.45) is -1.24. The molecule has 0 aromatic heterocycles. The van der Waals surface area contributed by atoms with Crippen molar-refractivity contribution in [1.82, 2.24) is 4.72 Å². The fourth-order valence-electron chi connectivity index (χ4n) is 1.16. The minimum Gasteiger partial charge on any atom is -0.447 e. The first-order chi connectivity index (χ1) is 9.31. The Hall–Kier alpha value is -2.36. The van der Waals surface area contributed by atoms with Gasteiger partial charge in [0.2, 0.25) is 0 Å². The summed E-state index contributed by atoms with van der Waals surface area (Å²) in [6.45, 7) is 0.856. The molecule has 1 aromatic rings. The van der Waals surface area contributed by atoms with Crippen LogP contribution in [0.15, 0.2) is 29.2 Å². The van der Waals surface area contributed by atoms with Gasteiger partial charge >= 0.3 is 6.09 Å². The fraction of sp³-hybridized carbons (Fsp3) is 0.300. The topological polar surface area (TPSA) is 125 Å². The summed E-state index contributed by atoms with van der Waals surface area (Å²) in [6, 6.07) is 5.82. The monoisotopic (exact) mass is 304 g/mol. The largest absolute Gasteiger partial charge is 0.447 e. The Labute approximate surface area is 114 Å². The molecule has 9 nitrogen and oxygen atoms in total. The van der Waals surface area contributed by atoms with Gasteiger partial charge in [-0.2, -0.15) is 0 Å². The van der Waals surface area contributed by atoms with Crippen LogP contribution in [-0.2, 0) is 19.6 Å². The van der Waals surface area contributed by atoms with E-state index in [1.54, 1.807) is 23.8 Å². The van der Waals surface area contributed by atoms with Gasteiger partial charge in [0.25, 0.3) is 15.1 Å². The number of nitrogens with one attached hydrogen (secondary N) is 1. The second-order valence-electron chi connectivity index (χ2n) is 3.61. The standard InChI is InChI=1S/C10H12N2O7S/c1-8-2-4-9(5-3-8)20(16,17)11-10(13)18-6-7-19-12(14)15/h2-5H,6-7H2,1H3,(H,11,13). The van der Waals surface area contributed by atoms with Crippen LogP contribution in [0, 0.1) is 17.0 Å². The van der Waals surface area contributed by atoms with Crippen LogP contribution in [0.5, 0.6) is 0 Å². The number of aryl methyl sites for hydroxylation is 1. The maximum Gasteiger partial charge on any atom is 0.421 e. The zero-order valence-corrected chi connectivity index (χ0v) is 11.3. The highest BCUT2D eigenvalue weighted by molar-refractivity contribution is 7.90. The molecule has 0 unspecified atom stereocenters. The Bertz CT molecular complexity index is 582. The van der Waals surface area contributed by atoms with Crippen LogP contribution in [0.2, 0.25) is 0 Å². The lowest BCUT2D eigenvalue weighted by atomic mass is 10.2. The molecule has 0 saturated carbocycles. The highest BCUT2D eigenvalue weighted by Crippen LogP contribution is 2.09. The van der Waals surface area contributed by atoms with E-state index in [9.17, 15) is 23.3 Å². The molecule has 1 rings (SSSR count). The third-order valence-electron chi connectivity index (χ3n) is 2.06. The van der Waals surface area contributed by atoms with E-state index in [0.717, 1.165) is 5.56 Å². The quantitative estimate of drug-likeness (QED) is 0.464. The molecule has 0 bridgehead atoms. The molecule has 0 spiro atoms. The molecule has 110 valence electrons. The normalized spacial score (nSPS) is 10.7. The van der Waals surface area contributed by atoms with E-state index in [0.29, 0.717) is 0 Å². The molecule has 0 aliphatic heterocycles. The van der Waals surface area contributed by atoms with Gasteiger partial charge in [0.05, 0.1) is 4.90 Å². The van der Waals surface area contributed by atoms with E-state index in [-0.39, 0.29) is 4.90 Å². The molecule has 0 radical (unpaired) electrons. The summed E-state index contributed by atoms with van der Waals surface area (Å²) in [7, 11) is -4.03. The fourth-order valence-corrected chi connectivity index (χ4v) is 2.05. The minimum atomic E-state index is -4.03. The van der Waals surface area contributed by atoms with Crippen LogP contribution in [0.1, 0.15) is 5.56 Å². The lowest BCUT2D eigenvalue weighted by Gasteiger charge is -2.07. The lowest BCUT2D eigenvalue weighted by molar-refractivity contribution is -0.757. The van der Waals surface area contributed by atoms with E-state index < -0.39 is 34.4 Å². The second-order valence-corrected chi connectivity index (χ2v) is 5.29. The number of amides is 1. The van der Waals surface area contributed by atoms with Crippen molar-refractivity contribution >= 4 is 16.1 Å². The number of ether oxygens (including phenoxy) is 1. The van der Waals surface area contributed by atoms with Gasteiger partial charge < -0.3 is 9.57 Å². The number of carbonyl (C=O) groups is 1. The molecule has 0 atom stereocenters. The predicted octanol–water partition coefficient (Wildman–Crippen LogP) is 0.618. The molecule has 0 heterocycles. The maximum atomic E-state index is 11.7. The van der Waals surface area contributed by atoms with Crippen molar-refractivity contribution in [1.29, 1.82) is 0 Å².